The van der Waals surface area contributed by atoms with Crippen molar-refractivity contribution in [3.63, 3.8) is 0 Å². The molecule has 0 radical (unpaired) electrons. The van der Waals surface area contributed by atoms with Gasteiger partial charge in [-0.15, -0.1) is 10.2 Å². The molecule has 1 atom stereocenters. The van der Waals surface area contributed by atoms with E-state index in [0.717, 1.165) is 29.5 Å². The van der Waals surface area contributed by atoms with E-state index in [2.05, 4.69) is 28.4 Å². The summed E-state index contributed by atoms with van der Waals surface area (Å²) in [6.45, 7) is 3.41. The summed E-state index contributed by atoms with van der Waals surface area (Å²) >= 11 is 1.47. The molecule has 0 unspecified atom stereocenters. The van der Waals surface area contributed by atoms with Crippen LogP contribution in [0.25, 0.3) is 11.4 Å². The molecule has 0 saturated heterocycles. The van der Waals surface area contributed by atoms with E-state index in [1.165, 1.54) is 22.9 Å². The molecule has 27 heavy (non-hydrogen) atoms. The minimum absolute atomic E-state index is 0.152. The summed E-state index contributed by atoms with van der Waals surface area (Å²) in [4.78, 5) is 14.9. The van der Waals surface area contributed by atoms with Crippen molar-refractivity contribution in [2.24, 2.45) is 7.05 Å². The average molecular weight is 379 g/mol. The summed E-state index contributed by atoms with van der Waals surface area (Å²) in [7, 11) is 1.94. The first-order valence-corrected chi connectivity index (χ1v) is 9.98. The van der Waals surface area contributed by atoms with Gasteiger partial charge in [0, 0.05) is 25.7 Å². The first-order valence-electron chi connectivity index (χ1n) is 9.10. The van der Waals surface area contributed by atoms with Gasteiger partial charge in [0.1, 0.15) is 0 Å². The van der Waals surface area contributed by atoms with E-state index < -0.39 is 0 Å². The zero-order chi connectivity index (χ0) is 18.8. The van der Waals surface area contributed by atoms with E-state index in [1.807, 2.05) is 59.8 Å². The summed E-state index contributed by atoms with van der Waals surface area (Å²) in [5.41, 5.74) is 3.62. The highest BCUT2D eigenvalue weighted by molar-refractivity contribution is 8.00. The van der Waals surface area contributed by atoms with Crippen LogP contribution >= 0.6 is 11.8 Å². The molecule has 1 amide bonds. The van der Waals surface area contributed by atoms with Gasteiger partial charge in [0.15, 0.2) is 11.0 Å². The number of aromatic nitrogens is 3. The van der Waals surface area contributed by atoms with Gasteiger partial charge >= 0.3 is 0 Å². The van der Waals surface area contributed by atoms with Gasteiger partial charge in [-0.05, 0) is 24.5 Å². The number of fused-ring (bicyclic) bond motifs is 1. The third-order valence-electron chi connectivity index (χ3n) is 4.94. The Labute approximate surface area is 163 Å². The normalized spacial score (nSPS) is 14.7. The molecule has 1 aliphatic heterocycles. The Kier molecular flexibility index (Phi) is 4.99. The Morgan fingerprint density at radius 2 is 1.74 bits per heavy atom. The molecule has 0 N–H and O–H groups in total. The summed E-state index contributed by atoms with van der Waals surface area (Å²) in [5, 5.41) is 9.16. The lowest BCUT2D eigenvalue weighted by Gasteiger charge is -2.30. The maximum atomic E-state index is 12.9. The van der Waals surface area contributed by atoms with Gasteiger partial charge in [-0.25, -0.2) is 0 Å². The number of benzene rings is 2. The Bertz CT molecular complexity index is 954. The summed E-state index contributed by atoms with van der Waals surface area (Å²) < 4.78 is 1.95. The van der Waals surface area contributed by atoms with Crippen LogP contribution in [0, 0.1) is 0 Å². The second-order valence-corrected chi connectivity index (χ2v) is 8.08. The number of rotatable bonds is 4. The lowest BCUT2D eigenvalue weighted by Crippen LogP contribution is -2.40. The molecule has 2 aromatic carbocycles. The summed E-state index contributed by atoms with van der Waals surface area (Å²) in [6, 6.07) is 18.3. The predicted octanol–water partition coefficient (Wildman–Crippen LogP) is 3.55. The number of amides is 1. The van der Waals surface area contributed by atoms with Crippen molar-refractivity contribution < 1.29 is 4.79 Å². The maximum Gasteiger partial charge on any atom is 0.236 e. The molecule has 5 nitrogen and oxygen atoms in total. The van der Waals surface area contributed by atoms with Crippen LogP contribution in [-0.4, -0.2) is 37.4 Å². The largest absolute Gasteiger partial charge is 0.337 e. The first kappa shape index (κ1) is 17.8. The van der Waals surface area contributed by atoms with Gasteiger partial charge in [0.05, 0.1) is 5.25 Å². The average Bonchev–Trinajstić information content (AvgIpc) is 3.08. The molecule has 4 rings (SSSR count). The van der Waals surface area contributed by atoms with E-state index in [1.54, 1.807) is 0 Å². The molecule has 0 spiro atoms. The van der Waals surface area contributed by atoms with Crippen LogP contribution in [-0.2, 0) is 24.8 Å². The fourth-order valence-electron chi connectivity index (χ4n) is 3.41. The third kappa shape index (κ3) is 3.62. The molecule has 3 aromatic rings. The van der Waals surface area contributed by atoms with Crippen molar-refractivity contribution in [3.8, 4) is 11.4 Å². The molecule has 0 bridgehead atoms. The lowest BCUT2D eigenvalue weighted by molar-refractivity contribution is -0.131. The van der Waals surface area contributed by atoms with Crippen molar-refractivity contribution in [2.75, 3.05) is 6.54 Å². The molecule has 0 aliphatic carbocycles. The highest BCUT2D eigenvalue weighted by atomic mass is 32.2. The van der Waals surface area contributed by atoms with Crippen LogP contribution in [0.15, 0.2) is 59.8 Å². The number of thioether (sulfide) groups is 1. The monoisotopic (exact) mass is 378 g/mol. The molecule has 1 aliphatic rings. The zero-order valence-corrected chi connectivity index (χ0v) is 16.3. The topological polar surface area (TPSA) is 51.0 Å². The van der Waals surface area contributed by atoms with Crippen molar-refractivity contribution in [1.82, 2.24) is 19.7 Å². The number of nitrogens with zero attached hydrogens (tertiary/aromatic N) is 4. The molecule has 0 saturated carbocycles. The van der Waals surface area contributed by atoms with E-state index >= 15 is 0 Å². The van der Waals surface area contributed by atoms with Crippen LogP contribution in [0.3, 0.4) is 0 Å². The lowest BCUT2D eigenvalue weighted by atomic mass is 10.00. The van der Waals surface area contributed by atoms with Crippen LogP contribution in [0.5, 0.6) is 0 Å². The van der Waals surface area contributed by atoms with Crippen molar-refractivity contribution in [2.45, 2.75) is 30.3 Å². The molecule has 1 aromatic heterocycles. The molecular formula is C21H22N4OS. The van der Waals surface area contributed by atoms with E-state index in [4.69, 9.17) is 0 Å². The number of carbonyl (C=O) groups is 1. The zero-order valence-electron chi connectivity index (χ0n) is 15.5. The molecular weight excluding hydrogens is 356 g/mol. The summed E-state index contributed by atoms with van der Waals surface area (Å²) in [5.74, 6) is 0.961. The van der Waals surface area contributed by atoms with Crippen molar-refractivity contribution in [1.29, 1.82) is 0 Å². The SMILES string of the molecule is C[C@H](Sc1nnc(-c2ccccc2)n1C)C(=O)N1CCc2ccccc2C1. The van der Waals surface area contributed by atoms with Crippen molar-refractivity contribution in [3.05, 3.63) is 65.7 Å². The summed E-state index contributed by atoms with van der Waals surface area (Å²) in [6.07, 6.45) is 0.918. The predicted molar refractivity (Wildman–Crippen MR) is 107 cm³/mol. The van der Waals surface area contributed by atoms with E-state index in [0.29, 0.717) is 6.54 Å². The van der Waals surface area contributed by atoms with Crippen LogP contribution in [0.1, 0.15) is 18.1 Å². The first-order chi connectivity index (χ1) is 13.1. The van der Waals surface area contributed by atoms with E-state index in [-0.39, 0.29) is 11.2 Å². The van der Waals surface area contributed by atoms with Crippen LogP contribution in [0.2, 0.25) is 0 Å². The second kappa shape index (κ2) is 7.56. The Morgan fingerprint density at radius 1 is 1.04 bits per heavy atom. The minimum Gasteiger partial charge on any atom is -0.337 e. The Balaban J connectivity index is 1.46. The Morgan fingerprint density at radius 3 is 2.52 bits per heavy atom. The fourth-order valence-corrected chi connectivity index (χ4v) is 4.30. The van der Waals surface area contributed by atoms with Gasteiger partial charge < -0.3 is 9.47 Å². The molecule has 2 heterocycles. The highest BCUT2D eigenvalue weighted by Gasteiger charge is 2.26. The molecule has 138 valence electrons. The van der Waals surface area contributed by atoms with Crippen molar-refractivity contribution >= 4 is 17.7 Å². The standard InChI is InChI=1S/C21H22N4OS/c1-15(20(26)25-13-12-16-8-6-7-11-18(16)14-25)27-21-23-22-19(24(21)2)17-9-4-3-5-10-17/h3-11,15H,12-14H2,1-2H3/t15-/m0/s1. The number of carbonyl (C=O) groups excluding carboxylic acids is 1. The fraction of sp³-hybridized carbons (Fsp3) is 0.286. The van der Waals surface area contributed by atoms with Gasteiger partial charge in [0.25, 0.3) is 0 Å². The van der Waals surface area contributed by atoms with Gasteiger partial charge in [-0.3, -0.25) is 4.79 Å². The van der Waals surface area contributed by atoms with Gasteiger partial charge in [0.2, 0.25) is 5.91 Å². The van der Waals surface area contributed by atoms with Gasteiger partial charge in [-0.2, -0.15) is 0 Å². The smallest absolute Gasteiger partial charge is 0.236 e. The Hall–Kier alpha value is -2.60. The van der Waals surface area contributed by atoms with E-state index in [9.17, 15) is 4.79 Å². The van der Waals surface area contributed by atoms with Crippen LogP contribution in [0.4, 0.5) is 0 Å². The highest BCUT2D eigenvalue weighted by Crippen LogP contribution is 2.28. The number of hydrogen-bond acceptors (Lipinski definition) is 4. The van der Waals surface area contributed by atoms with Crippen LogP contribution < -0.4 is 0 Å². The maximum absolute atomic E-state index is 12.9. The minimum atomic E-state index is -0.207. The molecule has 6 heteroatoms. The number of hydrogen-bond donors (Lipinski definition) is 0. The second-order valence-electron chi connectivity index (χ2n) is 6.77. The third-order valence-corrected chi connectivity index (χ3v) is 6.06. The molecule has 0 fully saturated rings. The van der Waals surface area contributed by atoms with Gasteiger partial charge in [-0.1, -0.05) is 66.4 Å². The quantitative estimate of drug-likeness (QED) is 0.652.